The van der Waals surface area contributed by atoms with E-state index in [4.69, 9.17) is 16.7 Å². The molecular formula is C12H14ClNO4S2. The number of carboxylic acids is 1. The number of carbonyl (C=O) groups is 1. The van der Waals surface area contributed by atoms with E-state index in [-0.39, 0.29) is 22.0 Å². The van der Waals surface area contributed by atoms with Crippen LogP contribution in [-0.4, -0.2) is 37.5 Å². The number of thioether (sulfide) groups is 1. The minimum atomic E-state index is -3.68. The Morgan fingerprint density at radius 3 is 2.75 bits per heavy atom. The van der Waals surface area contributed by atoms with Crippen molar-refractivity contribution in [1.82, 2.24) is 4.72 Å². The summed E-state index contributed by atoms with van der Waals surface area (Å²) in [5.41, 5.74) is -0.132. The van der Waals surface area contributed by atoms with E-state index in [0.717, 1.165) is 11.8 Å². The third kappa shape index (κ3) is 4.82. The minimum Gasteiger partial charge on any atom is -0.478 e. The van der Waals surface area contributed by atoms with Crippen molar-refractivity contribution in [2.75, 3.05) is 18.1 Å². The van der Waals surface area contributed by atoms with Crippen molar-refractivity contribution in [3.05, 3.63) is 41.4 Å². The number of benzene rings is 1. The van der Waals surface area contributed by atoms with Crippen LogP contribution in [0.15, 0.2) is 35.7 Å². The molecular weight excluding hydrogens is 322 g/mol. The van der Waals surface area contributed by atoms with E-state index in [1.165, 1.54) is 12.1 Å². The molecule has 1 rings (SSSR count). The van der Waals surface area contributed by atoms with Crippen LogP contribution in [0.2, 0.25) is 5.02 Å². The Hall–Kier alpha value is -1.02. The van der Waals surface area contributed by atoms with E-state index >= 15 is 0 Å². The molecule has 110 valence electrons. The van der Waals surface area contributed by atoms with Gasteiger partial charge in [0.1, 0.15) is 0 Å². The zero-order valence-corrected chi connectivity index (χ0v) is 12.9. The highest BCUT2D eigenvalue weighted by Gasteiger charge is 2.17. The number of nitrogens with one attached hydrogen (secondary N) is 1. The second-order valence-corrected chi connectivity index (χ2v) is 7.03. The van der Waals surface area contributed by atoms with Crippen molar-refractivity contribution >= 4 is 39.4 Å². The normalized spacial score (nSPS) is 11.2. The first-order chi connectivity index (χ1) is 9.38. The average Bonchev–Trinajstić information content (AvgIpc) is 2.37. The van der Waals surface area contributed by atoms with Gasteiger partial charge in [0.2, 0.25) is 10.0 Å². The number of carboxylic acid groups (broad SMARTS) is 1. The van der Waals surface area contributed by atoms with Gasteiger partial charge < -0.3 is 5.11 Å². The monoisotopic (exact) mass is 335 g/mol. The molecule has 20 heavy (non-hydrogen) atoms. The first-order valence-corrected chi connectivity index (χ1v) is 8.61. The van der Waals surface area contributed by atoms with Crippen LogP contribution in [0.3, 0.4) is 0 Å². The fourth-order valence-electron chi connectivity index (χ4n) is 1.33. The minimum absolute atomic E-state index is 0.0544. The molecule has 0 aliphatic rings. The van der Waals surface area contributed by atoms with Crippen LogP contribution in [0.1, 0.15) is 10.4 Å². The van der Waals surface area contributed by atoms with Crippen LogP contribution in [-0.2, 0) is 10.0 Å². The van der Waals surface area contributed by atoms with Gasteiger partial charge in [0.25, 0.3) is 0 Å². The van der Waals surface area contributed by atoms with Gasteiger partial charge in [-0.15, -0.1) is 6.58 Å². The molecule has 0 heterocycles. The lowest BCUT2D eigenvalue weighted by Gasteiger charge is -2.07. The molecule has 0 fully saturated rings. The summed E-state index contributed by atoms with van der Waals surface area (Å²) in [6, 6.07) is 3.52. The van der Waals surface area contributed by atoms with Gasteiger partial charge >= 0.3 is 5.97 Å². The van der Waals surface area contributed by atoms with Crippen molar-refractivity contribution < 1.29 is 18.3 Å². The Morgan fingerprint density at radius 1 is 1.50 bits per heavy atom. The largest absolute Gasteiger partial charge is 0.478 e. The molecule has 1 aromatic rings. The summed E-state index contributed by atoms with van der Waals surface area (Å²) < 4.78 is 26.3. The molecule has 0 aliphatic heterocycles. The number of hydrogen-bond acceptors (Lipinski definition) is 4. The fraction of sp³-hybridized carbons (Fsp3) is 0.250. The SMILES string of the molecule is C=CCSCCNS(=O)(=O)c1ccc(C(=O)O)c(Cl)c1. The molecule has 0 saturated carbocycles. The third-order valence-electron chi connectivity index (χ3n) is 2.26. The van der Waals surface area contributed by atoms with Crippen molar-refractivity contribution in [2.24, 2.45) is 0 Å². The summed E-state index contributed by atoms with van der Waals surface area (Å²) in [6.07, 6.45) is 1.74. The van der Waals surface area contributed by atoms with Crippen LogP contribution in [0.25, 0.3) is 0 Å². The zero-order chi connectivity index (χ0) is 15.2. The molecule has 0 spiro atoms. The first-order valence-electron chi connectivity index (χ1n) is 5.59. The van der Waals surface area contributed by atoms with Crippen LogP contribution >= 0.6 is 23.4 Å². The van der Waals surface area contributed by atoms with E-state index in [9.17, 15) is 13.2 Å². The molecule has 8 heteroatoms. The molecule has 0 atom stereocenters. The smallest absolute Gasteiger partial charge is 0.337 e. The Balaban J connectivity index is 2.75. The predicted molar refractivity (Wildman–Crippen MR) is 81.1 cm³/mol. The van der Waals surface area contributed by atoms with Crippen LogP contribution in [0, 0.1) is 0 Å². The molecule has 5 nitrogen and oxygen atoms in total. The lowest BCUT2D eigenvalue weighted by molar-refractivity contribution is 0.0697. The average molecular weight is 336 g/mol. The molecule has 0 saturated heterocycles. The van der Waals surface area contributed by atoms with E-state index in [1.54, 1.807) is 17.8 Å². The second kappa shape index (κ2) is 7.68. The number of hydrogen-bond donors (Lipinski definition) is 2. The summed E-state index contributed by atoms with van der Waals surface area (Å²) in [5.74, 6) is 0.167. The van der Waals surface area contributed by atoms with Gasteiger partial charge in [0.15, 0.2) is 0 Å². The maximum absolute atomic E-state index is 12.0. The van der Waals surface area contributed by atoms with Gasteiger partial charge in [0.05, 0.1) is 15.5 Å². The third-order valence-corrected chi connectivity index (χ3v) is 4.99. The molecule has 0 aromatic heterocycles. The van der Waals surface area contributed by atoms with Gasteiger partial charge in [-0.05, 0) is 18.2 Å². The molecule has 0 radical (unpaired) electrons. The van der Waals surface area contributed by atoms with Crippen molar-refractivity contribution in [1.29, 1.82) is 0 Å². The van der Waals surface area contributed by atoms with Gasteiger partial charge in [-0.25, -0.2) is 17.9 Å². The molecule has 0 bridgehead atoms. The summed E-state index contributed by atoms with van der Waals surface area (Å²) >= 11 is 7.29. The van der Waals surface area contributed by atoms with Crippen LogP contribution in [0.4, 0.5) is 0 Å². The number of sulfonamides is 1. The van der Waals surface area contributed by atoms with Crippen molar-refractivity contribution in [3.8, 4) is 0 Å². The Labute approximate surface area is 127 Å². The maximum Gasteiger partial charge on any atom is 0.337 e. The maximum atomic E-state index is 12.0. The Morgan fingerprint density at radius 2 is 2.20 bits per heavy atom. The van der Waals surface area contributed by atoms with Gasteiger partial charge in [-0.3, -0.25) is 0 Å². The highest BCUT2D eigenvalue weighted by Crippen LogP contribution is 2.20. The van der Waals surface area contributed by atoms with E-state index in [0.29, 0.717) is 5.75 Å². The van der Waals surface area contributed by atoms with Crippen LogP contribution in [0.5, 0.6) is 0 Å². The molecule has 0 unspecified atom stereocenters. The van der Waals surface area contributed by atoms with Crippen molar-refractivity contribution in [3.63, 3.8) is 0 Å². The van der Waals surface area contributed by atoms with Crippen LogP contribution < -0.4 is 4.72 Å². The second-order valence-electron chi connectivity index (χ2n) is 3.71. The topological polar surface area (TPSA) is 83.5 Å². The Bertz CT molecular complexity index is 601. The number of halogens is 1. The lowest BCUT2D eigenvalue weighted by atomic mass is 10.2. The summed E-state index contributed by atoms with van der Waals surface area (Å²) in [4.78, 5) is 10.7. The van der Waals surface area contributed by atoms with E-state index in [2.05, 4.69) is 11.3 Å². The molecule has 0 aliphatic carbocycles. The standard InChI is InChI=1S/C12H14ClNO4S2/c1-2-6-19-7-5-14-20(17,18)9-3-4-10(12(15)16)11(13)8-9/h2-4,8,14H,1,5-7H2,(H,15,16). The Kier molecular flexibility index (Phi) is 6.54. The molecule has 1 aromatic carbocycles. The van der Waals surface area contributed by atoms with E-state index in [1.807, 2.05) is 0 Å². The van der Waals surface area contributed by atoms with Gasteiger partial charge in [-0.1, -0.05) is 17.7 Å². The number of aromatic carboxylic acids is 1. The zero-order valence-electron chi connectivity index (χ0n) is 10.5. The van der Waals surface area contributed by atoms with Gasteiger partial charge in [0, 0.05) is 18.1 Å². The summed E-state index contributed by atoms with van der Waals surface area (Å²) in [6.45, 7) is 3.84. The van der Waals surface area contributed by atoms with Gasteiger partial charge in [-0.2, -0.15) is 11.8 Å². The lowest BCUT2D eigenvalue weighted by Crippen LogP contribution is -2.26. The fourth-order valence-corrected chi connectivity index (χ4v) is 3.43. The molecule has 2 N–H and O–H groups in total. The number of rotatable bonds is 8. The summed E-state index contributed by atoms with van der Waals surface area (Å²) in [7, 11) is -3.68. The predicted octanol–water partition coefficient (Wildman–Crippen LogP) is 2.24. The highest BCUT2D eigenvalue weighted by molar-refractivity contribution is 7.99. The summed E-state index contributed by atoms with van der Waals surface area (Å²) in [5, 5.41) is 8.71. The van der Waals surface area contributed by atoms with E-state index < -0.39 is 16.0 Å². The first kappa shape index (κ1) is 17.0. The molecule has 0 amide bonds. The highest BCUT2D eigenvalue weighted by atomic mass is 35.5. The van der Waals surface area contributed by atoms with Crippen molar-refractivity contribution in [2.45, 2.75) is 4.90 Å². The quantitative estimate of drug-likeness (QED) is 0.562.